The van der Waals surface area contributed by atoms with Gasteiger partial charge in [0.1, 0.15) is 5.92 Å². The maximum absolute atomic E-state index is 10.1. The zero-order valence-electron chi connectivity index (χ0n) is 13.9. The van der Waals surface area contributed by atoms with Gasteiger partial charge in [-0.3, -0.25) is 0 Å². The lowest BCUT2D eigenvalue weighted by Crippen LogP contribution is -2.52. The summed E-state index contributed by atoms with van der Waals surface area (Å²) >= 11 is 5.46. The molecule has 1 heterocycles. The SMILES string of the molecule is CCCC1NC(=S)C(C#N)C(c2ccc(OC)c(O)c2)C1CC. The smallest absolute Gasteiger partial charge is 0.160 e. The summed E-state index contributed by atoms with van der Waals surface area (Å²) in [6.45, 7) is 4.30. The van der Waals surface area contributed by atoms with Gasteiger partial charge in [0.05, 0.1) is 18.2 Å². The summed E-state index contributed by atoms with van der Waals surface area (Å²) < 4.78 is 5.12. The Morgan fingerprint density at radius 2 is 2.13 bits per heavy atom. The molecule has 2 rings (SSSR count). The number of rotatable bonds is 5. The van der Waals surface area contributed by atoms with Crippen LogP contribution in [0.2, 0.25) is 0 Å². The molecule has 0 bridgehead atoms. The van der Waals surface area contributed by atoms with Crippen LogP contribution in [0.4, 0.5) is 0 Å². The number of piperidine rings is 1. The fraction of sp³-hybridized carbons (Fsp3) is 0.556. The number of hydrogen-bond acceptors (Lipinski definition) is 4. The number of phenols is 1. The van der Waals surface area contributed by atoms with Crippen LogP contribution >= 0.6 is 12.2 Å². The second-order valence-corrected chi connectivity index (χ2v) is 6.48. The van der Waals surface area contributed by atoms with Crippen molar-refractivity contribution in [3.63, 3.8) is 0 Å². The molecule has 0 aromatic heterocycles. The molecule has 1 aliphatic heterocycles. The third-order valence-corrected chi connectivity index (χ3v) is 5.12. The van der Waals surface area contributed by atoms with Crippen molar-refractivity contribution in [1.82, 2.24) is 5.32 Å². The van der Waals surface area contributed by atoms with Gasteiger partial charge in [-0.25, -0.2) is 0 Å². The summed E-state index contributed by atoms with van der Waals surface area (Å²) in [5.41, 5.74) is 0.951. The topological polar surface area (TPSA) is 65.3 Å². The summed E-state index contributed by atoms with van der Waals surface area (Å²) in [6.07, 6.45) is 3.04. The Bertz CT molecular complexity index is 612. The number of nitrogens with one attached hydrogen (secondary N) is 1. The van der Waals surface area contributed by atoms with E-state index in [-0.39, 0.29) is 23.6 Å². The molecule has 23 heavy (non-hydrogen) atoms. The van der Waals surface area contributed by atoms with Crippen LogP contribution in [0.25, 0.3) is 0 Å². The first-order valence-electron chi connectivity index (χ1n) is 8.14. The second-order valence-electron chi connectivity index (χ2n) is 6.04. The normalized spacial score (nSPS) is 27.1. The molecule has 1 aliphatic rings. The van der Waals surface area contributed by atoms with Crippen molar-refractivity contribution in [2.45, 2.75) is 45.1 Å². The van der Waals surface area contributed by atoms with Crippen LogP contribution in [-0.2, 0) is 0 Å². The van der Waals surface area contributed by atoms with Gasteiger partial charge in [0.15, 0.2) is 11.5 Å². The third-order valence-electron chi connectivity index (χ3n) is 4.75. The highest BCUT2D eigenvalue weighted by atomic mass is 32.1. The van der Waals surface area contributed by atoms with Crippen molar-refractivity contribution < 1.29 is 9.84 Å². The predicted octanol–water partition coefficient (Wildman–Crippen LogP) is 3.75. The van der Waals surface area contributed by atoms with Gasteiger partial charge in [-0.1, -0.05) is 45.0 Å². The van der Waals surface area contributed by atoms with Crippen molar-refractivity contribution in [3.8, 4) is 17.6 Å². The van der Waals surface area contributed by atoms with Gasteiger partial charge in [-0.05, 0) is 30.0 Å². The molecule has 4 atom stereocenters. The van der Waals surface area contributed by atoms with Gasteiger partial charge in [0, 0.05) is 12.0 Å². The molecule has 0 aliphatic carbocycles. The Hall–Kier alpha value is -1.80. The van der Waals surface area contributed by atoms with Crippen LogP contribution in [0.3, 0.4) is 0 Å². The largest absolute Gasteiger partial charge is 0.504 e. The molecule has 0 radical (unpaired) electrons. The Morgan fingerprint density at radius 1 is 1.39 bits per heavy atom. The van der Waals surface area contributed by atoms with E-state index in [1.54, 1.807) is 12.1 Å². The monoisotopic (exact) mass is 332 g/mol. The van der Waals surface area contributed by atoms with Crippen LogP contribution in [0.5, 0.6) is 11.5 Å². The Labute approximate surface area is 143 Å². The van der Waals surface area contributed by atoms with Crippen molar-refractivity contribution in [2.24, 2.45) is 11.8 Å². The molecule has 2 N–H and O–H groups in total. The average molecular weight is 332 g/mol. The number of benzene rings is 1. The van der Waals surface area contributed by atoms with E-state index in [0.717, 1.165) is 24.8 Å². The molecule has 4 nitrogen and oxygen atoms in total. The Morgan fingerprint density at radius 3 is 2.65 bits per heavy atom. The van der Waals surface area contributed by atoms with E-state index in [1.807, 2.05) is 6.07 Å². The molecule has 1 aromatic carbocycles. The fourth-order valence-electron chi connectivity index (χ4n) is 3.67. The summed E-state index contributed by atoms with van der Waals surface area (Å²) in [7, 11) is 1.53. The molecule has 1 fully saturated rings. The van der Waals surface area contributed by atoms with Crippen LogP contribution < -0.4 is 10.1 Å². The van der Waals surface area contributed by atoms with E-state index < -0.39 is 0 Å². The third kappa shape index (κ3) is 3.42. The molecular formula is C18H24N2O2S. The molecule has 0 saturated carbocycles. The summed E-state index contributed by atoms with van der Waals surface area (Å²) in [4.78, 5) is 0.621. The number of nitriles is 1. The molecular weight excluding hydrogens is 308 g/mol. The number of nitrogens with zero attached hydrogens (tertiary/aromatic N) is 1. The first-order chi connectivity index (χ1) is 11.1. The summed E-state index contributed by atoms with van der Waals surface area (Å²) in [5, 5.41) is 23.1. The zero-order chi connectivity index (χ0) is 17.0. The minimum Gasteiger partial charge on any atom is -0.504 e. The molecule has 0 amide bonds. The molecule has 0 spiro atoms. The first-order valence-corrected chi connectivity index (χ1v) is 8.55. The van der Waals surface area contributed by atoms with Crippen LogP contribution in [-0.4, -0.2) is 23.2 Å². The van der Waals surface area contributed by atoms with Crippen molar-refractivity contribution in [3.05, 3.63) is 23.8 Å². The lowest BCUT2D eigenvalue weighted by atomic mass is 9.69. The lowest BCUT2D eigenvalue weighted by Gasteiger charge is -2.42. The number of phenolic OH excluding ortho intramolecular Hbond substituents is 1. The quantitative estimate of drug-likeness (QED) is 0.804. The predicted molar refractivity (Wildman–Crippen MR) is 94.7 cm³/mol. The van der Waals surface area contributed by atoms with E-state index in [4.69, 9.17) is 17.0 Å². The maximum Gasteiger partial charge on any atom is 0.160 e. The maximum atomic E-state index is 10.1. The van der Waals surface area contributed by atoms with Crippen molar-refractivity contribution in [1.29, 1.82) is 5.26 Å². The highest BCUT2D eigenvalue weighted by Crippen LogP contribution is 2.43. The van der Waals surface area contributed by atoms with Crippen LogP contribution in [0.15, 0.2) is 18.2 Å². The van der Waals surface area contributed by atoms with Crippen molar-refractivity contribution >= 4 is 17.2 Å². The Kier molecular flexibility index (Phi) is 5.84. The summed E-state index contributed by atoms with van der Waals surface area (Å²) in [5.74, 6) is 0.479. The molecule has 1 saturated heterocycles. The van der Waals surface area contributed by atoms with Gasteiger partial charge in [-0.2, -0.15) is 5.26 Å². The number of methoxy groups -OCH3 is 1. The van der Waals surface area contributed by atoms with E-state index in [2.05, 4.69) is 25.2 Å². The zero-order valence-corrected chi connectivity index (χ0v) is 14.7. The lowest BCUT2D eigenvalue weighted by molar-refractivity contribution is 0.261. The molecule has 4 unspecified atom stereocenters. The second kappa shape index (κ2) is 7.65. The van der Waals surface area contributed by atoms with E-state index in [9.17, 15) is 10.4 Å². The standard InChI is InChI=1S/C18H24N2O2S/c1-4-6-14-12(5-2)17(13(10-19)18(23)20-14)11-7-8-16(22-3)15(21)9-11/h7-9,12-14,17,21H,4-6H2,1-3H3,(H,20,23). The molecule has 5 heteroatoms. The van der Waals surface area contributed by atoms with Gasteiger partial charge in [0.25, 0.3) is 0 Å². The van der Waals surface area contributed by atoms with Gasteiger partial charge < -0.3 is 15.2 Å². The number of aromatic hydroxyl groups is 1. The molecule has 1 aromatic rings. The first kappa shape index (κ1) is 17.6. The Balaban J connectivity index is 2.46. The minimum absolute atomic E-state index is 0.00731. The van der Waals surface area contributed by atoms with Crippen molar-refractivity contribution in [2.75, 3.05) is 7.11 Å². The van der Waals surface area contributed by atoms with Crippen LogP contribution in [0, 0.1) is 23.2 Å². The summed E-state index contributed by atoms with van der Waals surface area (Å²) in [6, 6.07) is 8.04. The van der Waals surface area contributed by atoms with Crippen LogP contribution in [0.1, 0.15) is 44.6 Å². The molecule has 124 valence electrons. The minimum atomic E-state index is -0.365. The van der Waals surface area contributed by atoms with Gasteiger partial charge in [0.2, 0.25) is 0 Å². The number of hydrogen-bond donors (Lipinski definition) is 2. The van der Waals surface area contributed by atoms with Gasteiger partial charge in [-0.15, -0.1) is 0 Å². The number of thiocarbonyl (C=S) groups is 1. The van der Waals surface area contributed by atoms with Gasteiger partial charge >= 0.3 is 0 Å². The van der Waals surface area contributed by atoms with E-state index in [1.165, 1.54) is 7.11 Å². The average Bonchev–Trinajstić information content (AvgIpc) is 2.54. The van der Waals surface area contributed by atoms with E-state index >= 15 is 0 Å². The fourth-order valence-corrected chi connectivity index (χ4v) is 4.02. The highest BCUT2D eigenvalue weighted by Gasteiger charge is 2.42. The highest BCUT2D eigenvalue weighted by molar-refractivity contribution is 7.80. The van der Waals surface area contributed by atoms with E-state index in [0.29, 0.717) is 16.7 Å². The number of ether oxygens (including phenoxy) is 1.